The van der Waals surface area contributed by atoms with E-state index in [1.807, 2.05) is 25.1 Å². The van der Waals surface area contributed by atoms with E-state index in [0.29, 0.717) is 40.6 Å². The number of benzene rings is 3. The maximum absolute atomic E-state index is 12.5. The van der Waals surface area contributed by atoms with Crippen LogP contribution in [0.3, 0.4) is 0 Å². The fraction of sp³-hybridized carbons (Fsp3) is 0.160. The molecule has 7 nitrogen and oxygen atoms in total. The van der Waals surface area contributed by atoms with E-state index in [9.17, 15) is 9.90 Å². The summed E-state index contributed by atoms with van der Waals surface area (Å²) in [5, 5.41) is 16.1. The highest BCUT2D eigenvalue weighted by Crippen LogP contribution is 2.33. The Bertz CT molecular complexity index is 1330. The van der Waals surface area contributed by atoms with Crippen LogP contribution in [0.1, 0.15) is 29.8 Å². The van der Waals surface area contributed by atoms with Crippen molar-refractivity contribution in [2.45, 2.75) is 20.3 Å². The van der Waals surface area contributed by atoms with Crippen molar-refractivity contribution < 1.29 is 19.1 Å². The van der Waals surface area contributed by atoms with Gasteiger partial charge in [0.25, 0.3) is 5.91 Å². The zero-order valence-corrected chi connectivity index (χ0v) is 19.0. The molecule has 0 unspecified atom stereocenters. The molecule has 4 aromatic rings. The van der Waals surface area contributed by atoms with Crippen LogP contribution in [-0.2, 0) is 6.42 Å². The number of rotatable bonds is 6. The topological polar surface area (TPSA) is 96.6 Å². The number of carbonyl (C=O) groups is 1. The van der Waals surface area contributed by atoms with Gasteiger partial charge in [0.1, 0.15) is 17.0 Å². The van der Waals surface area contributed by atoms with Gasteiger partial charge >= 0.3 is 0 Å². The minimum atomic E-state index is -0.362. The van der Waals surface area contributed by atoms with Crippen molar-refractivity contribution in [3.8, 4) is 23.0 Å². The summed E-state index contributed by atoms with van der Waals surface area (Å²) in [4.78, 5) is 17.1. The molecule has 0 aliphatic carbocycles. The molecule has 0 aliphatic heterocycles. The van der Waals surface area contributed by atoms with E-state index in [4.69, 9.17) is 21.4 Å². The zero-order chi connectivity index (χ0) is 23.4. The molecule has 0 bridgehead atoms. The molecule has 0 fully saturated rings. The van der Waals surface area contributed by atoms with Gasteiger partial charge in [-0.3, -0.25) is 10.1 Å². The molecule has 1 amide bonds. The Balaban J connectivity index is 1.50. The van der Waals surface area contributed by atoms with Crippen LogP contribution in [0.4, 0.5) is 5.69 Å². The summed E-state index contributed by atoms with van der Waals surface area (Å²) in [5.74, 6) is 0.558. The number of aromatic nitrogens is 1. The number of carbonyl (C=O) groups excluding carboxylic acids is 1. The van der Waals surface area contributed by atoms with Crippen LogP contribution in [0.5, 0.6) is 11.5 Å². The molecule has 168 valence electrons. The van der Waals surface area contributed by atoms with Gasteiger partial charge < -0.3 is 19.6 Å². The first-order valence-electron chi connectivity index (χ1n) is 10.5. The van der Waals surface area contributed by atoms with Gasteiger partial charge in [0, 0.05) is 11.3 Å². The van der Waals surface area contributed by atoms with Crippen LogP contribution in [0.25, 0.3) is 22.6 Å². The van der Waals surface area contributed by atoms with Crippen molar-refractivity contribution >= 4 is 40.0 Å². The van der Waals surface area contributed by atoms with E-state index in [1.165, 1.54) is 6.07 Å². The molecular formula is C25H23N3O4S. The number of thiocarbonyl (C=S) groups is 1. The molecule has 3 aromatic carbocycles. The van der Waals surface area contributed by atoms with Gasteiger partial charge in [-0.15, -0.1) is 0 Å². The second kappa shape index (κ2) is 9.70. The Labute approximate surface area is 196 Å². The number of hydrogen-bond acceptors (Lipinski definition) is 6. The molecule has 0 radical (unpaired) electrons. The van der Waals surface area contributed by atoms with Crippen molar-refractivity contribution in [1.29, 1.82) is 0 Å². The van der Waals surface area contributed by atoms with E-state index < -0.39 is 0 Å². The van der Waals surface area contributed by atoms with E-state index in [2.05, 4.69) is 22.5 Å². The van der Waals surface area contributed by atoms with E-state index >= 15 is 0 Å². The Morgan fingerprint density at radius 2 is 1.97 bits per heavy atom. The van der Waals surface area contributed by atoms with Gasteiger partial charge in [0.05, 0.1) is 12.2 Å². The van der Waals surface area contributed by atoms with Crippen LogP contribution in [0, 0.1) is 0 Å². The molecular weight excluding hydrogens is 438 g/mol. The lowest BCUT2D eigenvalue weighted by Crippen LogP contribution is -2.34. The molecule has 0 spiro atoms. The first-order valence-corrected chi connectivity index (χ1v) is 11.0. The quantitative estimate of drug-likeness (QED) is 0.265. The number of aryl methyl sites for hydroxylation is 1. The Kier molecular flexibility index (Phi) is 6.55. The first kappa shape index (κ1) is 22.3. The van der Waals surface area contributed by atoms with E-state index in [-0.39, 0.29) is 16.8 Å². The summed E-state index contributed by atoms with van der Waals surface area (Å²) in [6.45, 7) is 4.45. The molecule has 0 aliphatic rings. The molecule has 0 atom stereocenters. The summed E-state index contributed by atoms with van der Waals surface area (Å²) in [6.07, 6.45) is 0.891. The highest BCUT2D eigenvalue weighted by Gasteiger charge is 2.15. The fourth-order valence-electron chi connectivity index (χ4n) is 3.32. The minimum Gasteiger partial charge on any atom is -0.507 e. The van der Waals surface area contributed by atoms with Crippen molar-refractivity contribution in [2.75, 3.05) is 11.9 Å². The highest BCUT2D eigenvalue weighted by molar-refractivity contribution is 7.80. The number of amides is 1. The first-order chi connectivity index (χ1) is 16.0. The summed E-state index contributed by atoms with van der Waals surface area (Å²) < 4.78 is 11.3. The summed E-state index contributed by atoms with van der Waals surface area (Å²) in [5.41, 5.74) is 3.90. The number of nitrogens with one attached hydrogen (secondary N) is 2. The van der Waals surface area contributed by atoms with Crippen LogP contribution in [0.2, 0.25) is 0 Å². The highest BCUT2D eigenvalue weighted by atomic mass is 32.1. The third-order valence-electron chi connectivity index (χ3n) is 4.98. The van der Waals surface area contributed by atoms with Crippen molar-refractivity contribution in [3.05, 3.63) is 71.8 Å². The van der Waals surface area contributed by atoms with E-state index in [0.717, 1.165) is 17.5 Å². The maximum atomic E-state index is 12.5. The normalized spacial score (nSPS) is 10.7. The molecule has 1 heterocycles. The maximum Gasteiger partial charge on any atom is 0.257 e. The van der Waals surface area contributed by atoms with E-state index in [1.54, 1.807) is 36.4 Å². The zero-order valence-electron chi connectivity index (χ0n) is 18.2. The summed E-state index contributed by atoms with van der Waals surface area (Å²) in [7, 11) is 0. The number of anilines is 1. The smallest absolute Gasteiger partial charge is 0.257 e. The average molecular weight is 462 g/mol. The molecule has 3 N–H and O–H groups in total. The number of fused-ring (bicyclic) bond motifs is 1. The predicted molar refractivity (Wildman–Crippen MR) is 132 cm³/mol. The molecule has 0 saturated heterocycles. The number of phenolic OH excluding ortho intramolecular Hbond substituents is 1. The number of oxazole rings is 1. The van der Waals surface area contributed by atoms with Crippen LogP contribution >= 0.6 is 12.2 Å². The second-order valence-corrected chi connectivity index (χ2v) is 7.68. The van der Waals surface area contributed by atoms with Gasteiger partial charge in [-0.1, -0.05) is 19.1 Å². The van der Waals surface area contributed by atoms with Crippen molar-refractivity contribution in [2.24, 2.45) is 0 Å². The molecule has 8 heteroatoms. The van der Waals surface area contributed by atoms with Gasteiger partial charge in [-0.25, -0.2) is 4.98 Å². The average Bonchev–Trinajstić information content (AvgIpc) is 3.23. The third kappa shape index (κ3) is 5.12. The molecule has 4 rings (SSSR count). The lowest BCUT2D eigenvalue weighted by Gasteiger charge is -2.11. The van der Waals surface area contributed by atoms with Gasteiger partial charge in [0.15, 0.2) is 10.7 Å². The van der Waals surface area contributed by atoms with Crippen LogP contribution < -0.4 is 15.4 Å². The lowest BCUT2D eigenvalue weighted by molar-refractivity contribution is 0.0977. The molecule has 1 aromatic heterocycles. The number of aromatic hydroxyl groups is 1. The lowest BCUT2D eigenvalue weighted by atomic mass is 10.1. The third-order valence-corrected chi connectivity index (χ3v) is 5.18. The standard InChI is InChI=1S/C25H23N3O4S/c1-3-15-8-11-22-20(12-15)27-24(32-22)19-14-17(9-10-21(19)29)26-25(33)28-23(30)16-6-5-7-18(13-16)31-4-2/h5-14,29H,3-4H2,1-2H3,(H2,26,28,30,33). The number of ether oxygens (including phenoxy) is 1. The molecule has 33 heavy (non-hydrogen) atoms. The van der Waals surface area contributed by atoms with Gasteiger partial charge in [-0.2, -0.15) is 0 Å². The van der Waals surface area contributed by atoms with Crippen LogP contribution in [-0.4, -0.2) is 27.7 Å². The SMILES string of the molecule is CCOc1cccc(C(=O)NC(=S)Nc2ccc(O)c(-c3nc4cc(CC)ccc4o3)c2)c1. The monoisotopic (exact) mass is 461 g/mol. The van der Waals surface area contributed by atoms with Crippen molar-refractivity contribution in [1.82, 2.24) is 10.3 Å². The number of nitrogens with zero attached hydrogens (tertiary/aromatic N) is 1. The Morgan fingerprint density at radius 3 is 2.76 bits per heavy atom. The largest absolute Gasteiger partial charge is 0.507 e. The predicted octanol–water partition coefficient (Wildman–Crippen LogP) is 5.29. The van der Waals surface area contributed by atoms with Crippen molar-refractivity contribution in [3.63, 3.8) is 0 Å². The second-order valence-electron chi connectivity index (χ2n) is 7.28. The summed E-state index contributed by atoms with van der Waals surface area (Å²) >= 11 is 5.29. The number of phenols is 1. The van der Waals surface area contributed by atoms with Gasteiger partial charge in [0.2, 0.25) is 5.89 Å². The molecule has 0 saturated carbocycles. The number of hydrogen-bond donors (Lipinski definition) is 3. The Morgan fingerprint density at radius 1 is 1.12 bits per heavy atom. The van der Waals surface area contributed by atoms with Crippen LogP contribution in [0.15, 0.2) is 65.1 Å². The fourth-order valence-corrected chi connectivity index (χ4v) is 3.54. The van der Waals surface area contributed by atoms with Gasteiger partial charge in [-0.05, 0) is 79.7 Å². The minimum absolute atomic E-state index is 0.0190. The Hall–Kier alpha value is -3.91. The summed E-state index contributed by atoms with van der Waals surface area (Å²) in [6, 6.07) is 17.5.